The summed E-state index contributed by atoms with van der Waals surface area (Å²) in [5.41, 5.74) is 2.69. The van der Waals surface area contributed by atoms with E-state index in [1.54, 1.807) is 12.3 Å². The summed E-state index contributed by atoms with van der Waals surface area (Å²) in [7, 11) is 0. The minimum absolute atomic E-state index is 0.0414. The summed E-state index contributed by atoms with van der Waals surface area (Å²) in [4.78, 5) is 35.5. The first-order chi connectivity index (χ1) is 20.2. The van der Waals surface area contributed by atoms with Gasteiger partial charge in [0.1, 0.15) is 23.7 Å². The van der Waals surface area contributed by atoms with Crippen LogP contribution in [0, 0.1) is 0 Å². The molecule has 0 unspecified atom stereocenters. The molecule has 0 bridgehead atoms. The van der Waals surface area contributed by atoms with Gasteiger partial charge in [0.25, 0.3) is 5.91 Å². The van der Waals surface area contributed by atoms with Crippen molar-refractivity contribution < 1.29 is 13.9 Å². The molecule has 0 radical (unpaired) electrons. The third kappa shape index (κ3) is 7.62. The summed E-state index contributed by atoms with van der Waals surface area (Å²) in [6.07, 6.45) is 3.09. The van der Waals surface area contributed by atoms with Crippen LogP contribution < -0.4 is 10.2 Å². The Hall–Kier alpha value is -3.59. The topological polar surface area (TPSA) is 75.9 Å². The molecule has 3 heterocycles. The Labute approximate surface area is 255 Å². The fraction of sp³-hybridized carbons (Fsp3) is 0.303. The highest BCUT2D eigenvalue weighted by Gasteiger charge is 2.25. The van der Waals surface area contributed by atoms with E-state index in [4.69, 9.17) is 20.8 Å². The number of hydrogen-bond acceptors (Lipinski definition) is 7. The van der Waals surface area contributed by atoms with Crippen molar-refractivity contribution in [1.29, 1.82) is 0 Å². The number of carbonyl (C=O) groups excluding carboxylic acids is 1. The molecular weight excluding hydrogens is 570 g/mol. The van der Waals surface area contributed by atoms with Crippen LogP contribution in [0.15, 0.2) is 98.3 Å². The van der Waals surface area contributed by atoms with Gasteiger partial charge in [0.05, 0.1) is 12.1 Å². The molecule has 7 nitrogen and oxygen atoms in total. The molecule has 2 aromatic carbocycles. The van der Waals surface area contributed by atoms with Crippen LogP contribution in [0.3, 0.4) is 0 Å². The lowest BCUT2D eigenvalue weighted by molar-refractivity contribution is 0.0615. The number of piperazine rings is 1. The van der Waals surface area contributed by atoms with E-state index in [1.807, 2.05) is 47.4 Å². The normalized spacial score (nSPS) is 14.1. The molecule has 218 valence electrons. The van der Waals surface area contributed by atoms with E-state index in [0.29, 0.717) is 60.7 Å². The molecule has 1 saturated heterocycles. The number of pyridine rings is 1. The van der Waals surface area contributed by atoms with Crippen LogP contribution in [0.25, 0.3) is 0 Å². The van der Waals surface area contributed by atoms with Crippen molar-refractivity contribution in [3.63, 3.8) is 0 Å². The largest absolute Gasteiger partial charge is 0.482 e. The molecule has 0 saturated carbocycles. The van der Waals surface area contributed by atoms with Crippen LogP contribution in [0.5, 0.6) is 5.75 Å². The first-order valence-electron chi connectivity index (χ1n) is 13.9. The van der Waals surface area contributed by atoms with Crippen molar-refractivity contribution in [1.82, 2.24) is 14.8 Å². The average molecular weight is 604 g/mol. The highest BCUT2D eigenvalue weighted by molar-refractivity contribution is 7.99. The maximum Gasteiger partial charge on any atom is 0.256 e. The molecule has 0 atom stereocenters. The Kier molecular flexibility index (Phi) is 9.36. The number of aromatic nitrogens is 1. The molecule has 5 rings (SSSR count). The quantitative estimate of drug-likeness (QED) is 0.222. The molecule has 4 aromatic rings. The number of halogens is 1. The van der Waals surface area contributed by atoms with Crippen LogP contribution in [0.1, 0.15) is 48.0 Å². The van der Waals surface area contributed by atoms with Gasteiger partial charge in [-0.15, -0.1) is 0 Å². The minimum atomic E-state index is -0.210. The van der Waals surface area contributed by atoms with E-state index in [-0.39, 0.29) is 22.5 Å². The van der Waals surface area contributed by atoms with Crippen molar-refractivity contribution in [2.24, 2.45) is 0 Å². The van der Waals surface area contributed by atoms with E-state index in [1.165, 1.54) is 29.7 Å². The van der Waals surface area contributed by atoms with Gasteiger partial charge < -0.3 is 14.1 Å². The smallest absolute Gasteiger partial charge is 0.256 e. The molecule has 1 aliphatic rings. The van der Waals surface area contributed by atoms with Crippen LogP contribution in [-0.2, 0) is 18.6 Å². The van der Waals surface area contributed by atoms with Crippen LogP contribution in [0.4, 0.5) is 0 Å². The molecule has 42 heavy (non-hydrogen) atoms. The monoisotopic (exact) mass is 603 g/mol. The second-order valence-corrected chi connectivity index (χ2v) is 12.8. The summed E-state index contributed by atoms with van der Waals surface area (Å²) in [5, 5.41) is 1.33. The third-order valence-electron chi connectivity index (χ3n) is 7.14. The highest BCUT2D eigenvalue weighted by Crippen LogP contribution is 2.30. The van der Waals surface area contributed by atoms with Crippen molar-refractivity contribution in [2.75, 3.05) is 26.2 Å². The Bertz CT molecular complexity index is 1570. The Morgan fingerprint density at radius 1 is 1.02 bits per heavy atom. The van der Waals surface area contributed by atoms with Gasteiger partial charge in [-0.05, 0) is 52.9 Å². The number of benzene rings is 2. The Morgan fingerprint density at radius 2 is 1.74 bits per heavy atom. The van der Waals surface area contributed by atoms with Gasteiger partial charge in [0.15, 0.2) is 0 Å². The van der Waals surface area contributed by atoms with Crippen molar-refractivity contribution >= 4 is 29.3 Å². The van der Waals surface area contributed by atoms with E-state index in [2.05, 4.69) is 42.8 Å². The predicted octanol–water partition coefficient (Wildman–Crippen LogP) is 6.67. The second-order valence-electron chi connectivity index (χ2n) is 11.3. The zero-order valence-corrected chi connectivity index (χ0v) is 25.6. The van der Waals surface area contributed by atoms with E-state index in [9.17, 15) is 9.59 Å². The molecule has 0 spiro atoms. The number of ether oxygens (including phenoxy) is 1. The summed E-state index contributed by atoms with van der Waals surface area (Å²) in [6.45, 7) is 9.76. The summed E-state index contributed by atoms with van der Waals surface area (Å²) < 4.78 is 11.5. The predicted molar refractivity (Wildman–Crippen MR) is 165 cm³/mol. The average Bonchev–Trinajstić information content (AvgIpc) is 2.98. The first-order valence-corrected chi connectivity index (χ1v) is 15.1. The van der Waals surface area contributed by atoms with Gasteiger partial charge in [-0.3, -0.25) is 14.5 Å². The fourth-order valence-corrected chi connectivity index (χ4v) is 5.64. The van der Waals surface area contributed by atoms with Gasteiger partial charge in [-0.25, -0.2) is 4.98 Å². The third-order valence-corrected chi connectivity index (χ3v) is 8.41. The maximum atomic E-state index is 13.4. The first kappa shape index (κ1) is 29.9. The van der Waals surface area contributed by atoms with Gasteiger partial charge in [0.2, 0.25) is 11.2 Å². The molecule has 1 aliphatic heterocycles. The van der Waals surface area contributed by atoms with E-state index in [0.717, 1.165) is 10.5 Å². The molecular formula is C33H34ClN3O4S. The fourth-order valence-electron chi connectivity index (χ4n) is 4.64. The van der Waals surface area contributed by atoms with E-state index >= 15 is 0 Å². The highest BCUT2D eigenvalue weighted by atomic mass is 35.5. The lowest BCUT2D eigenvalue weighted by Gasteiger charge is -2.34. The number of hydrogen-bond donors (Lipinski definition) is 0. The Morgan fingerprint density at radius 3 is 2.40 bits per heavy atom. The number of nitrogens with zero attached hydrogens (tertiary/aromatic N) is 3. The van der Waals surface area contributed by atoms with Crippen molar-refractivity contribution in [2.45, 2.75) is 49.3 Å². The maximum absolute atomic E-state index is 13.4. The van der Waals surface area contributed by atoms with Gasteiger partial charge in [-0.1, -0.05) is 68.4 Å². The van der Waals surface area contributed by atoms with Crippen LogP contribution in [0.2, 0.25) is 5.02 Å². The van der Waals surface area contributed by atoms with Gasteiger partial charge in [0, 0.05) is 48.4 Å². The standard InChI is InChI=1S/C33H34ClN3O4S/c1-33(2,3)24-8-6-23(7-9-24)21-41-30-22-40-26(19-29(30)38)20-36-15-17-37(18-16-36)32(39)28-5-4-14-35-31(28)42-27-12-10-25(34)11-13-27/h4-14,19,22H,15-18,20-21H2,1-3H3. The summed E-state index contributed by atoms with van der Waals surface area (Å²) >= 11 is 7.45. The Balaban J connectivity index is 1.13. The van der Waals surface area contributed by atoms with Gasteiger partial charge >= 0.3 is 0 Å². The number of amides is 1. The molecule has 1 amide bonds. The summed E-state index contributed by atoms with van der Waals surface area (Å²) in [5.74, 6) is 0.716. The second kappa shape index (κ2) is 13.2. The summed E-state index contributed by atoms with van der Waals surface area (Å²) in [6, 6.07) is 20.8. The minimum Gasteiger partial charge on any atom is -0.482 e. The van der Waals surface area contributed by atoms with Crippen LogP contribution >= 0.6 is 23.4 Å². The lowest BCUT2D eigenvalue weighted by Crippen LogP contribution is -2.48. The van der Waals surface area contributed by atoms with Crippen molar-refractivity contribution in [3.05, 3.63) is 117 Å². The SMILES string of the molecule is CC(C)(C)c1ccc(COc2coc(CN3CCN(C(=O)c4cccnc4Sc4ccc(Cl)cc4)CC3)cc2=O)cc1. The molecule has 9 heteroatoms. The molecule has 1 fully saturated rings. The zero-order chi connectivity index (χ0) is 29.7. The number of carbonyl (C=O) groups is 1. The zero-order valence-electron chi connectivity index (χ0n) is 24.0. The molecule has 2 aromatic heterocycles. The molecule has 0 aliphatic carbocycles. The van der Waals surface area contributed by atoms with Gasteiger partial charge in [-0.2, -0.15) is 0 Å². The van der Waals surface area contributed by atoms with Crippen molar-refractivity contribution in [3.8, 4) is 5.75 Å². The lowest BCUT2D eigenvalue weighted by atomic mass is 9.87. The molecule has 0 N–H and O–H groups in total. The van der Waals surface area contributed by atoms with Crippen LogP contribution in [-0.4, -0.2) is 46.9 Å². The van der Waals surface area contributed by atoms with E-state index < -0.39 is 0 Å². The number of rotatable bonds is 8.